The number of carbonyl (C=O) groups excluding carboxylic acids is 2. The van der Waals surface area contributed by atoms with E-state index in [4.69, 9.17) is 0 Å². The molecule has 206 valence electrons. The van der Waals surface area contributed by atoms with Crippen LogP contribution >= 0.6 is 0 Å². The van der Waals surface area contributed by atoms with Gasteiger partial charge in [-0.2, -0.15) is 0 Å². The van der Waals surface area contributed by atoms with Gasteiger partial charge < -0.3 is 10.2 Å². The number of amides is 2. The molecule has 0 radical (unpaired) electrons. The van der Waals surface area contributed by atoms with Crippen molar-refractivity contribution < 1.29 is 9.59 Å². The van der Waals surface area contributed by atoms with E-state index in [1.165, 1.54) is 0 Å². The average molecular weight is 533 g/mol. The van der Waals surface area contributed by atoms with Gasteiger partial charge in [-0.3, -0.25) is 9.59 Å². The summed E-state index contributed by atoms with van der Waals surface area (Å²) in [4.78, 5) is 30.1. The van der Waals surface area contributed by atoms with Crippen molar-refractivity contribution in [3.63, 3.8) is 0 Å². The highest BCUT2D eigenvalue weighted by Gasteiger charge is 2.32. The molecule has 0 bridgehead atoms. The molecule has 0 heterocycles. The van der Waals surface area contributed by atoms with Crippen molar-refractivity contribution in [1.82, 2.24) is 10.2 Å². The van der Waals surface area contributed by atoms with Gasteiger partial charge in [0.05, 0.1) is 0 Å². The first-order chi connectivity index (χ1) is 19.4. The van der Waals surface area contributed by atoms with E-state index in [9.17, 15) is 9.59 Å². The summed E-state index contributed by atoms with van der Waals surface area (Å²) in [7, 11) is 0. The van der Waals surface area contributed by atoms with Gasteiger partial charge in [-0.05, 0) is 42.5 Å². The highest BCUT2D eigenvalue weighted by Crippen LogP contribution is 2.30. The predicted molar refractivity (Wildman–Crippen MR) is 163 cm³/mol. The summed E-state index contributed by atoms with van der Waals surface area (Å²) in [5.41, 5.74) is 5.33. The number of nitrogens with one attached hydrogen (secondary N) is 1. The number of carbonyl (C=O) groups is 2. The van der Waals surface area contributed by atoms with E-state index in [2.05, 4.69) is 42.6 Å². The molecule has 0 fully saturated rings. The summed E-state index contributed by atoms with van der Waals surface area (Å²) in [6.07, 6.45) is 1.53. The molecule has 4 aromatic rings. The Morgan fingerprint density at radius 1 is 0.750 bits per heavy atom. The predicted octanol–water partition coefficient (Wildman–Crippen LogP) is 7.07. The maximum atomic E-state index is 14.4. The van der Waals surface area contributed by atoms with E-state index >= 15 is 0 Å². The molecule has 1 N–H and O–H groups in total. The molecule has 0 aliphatic rings. The number of hydrogen-bond acceptors (Lipinski definition) is 2. The second-order valence-corrected chi connectivity index (χ2v) is 10.6. The number of benzene rings is 4. The number of rotatable bonds is 12. The van der Waals surface area contributed by atoms with Crippen molar-refractivity contribution in [3.05, 3.63) is 143 Å². The van der Waals surface area contributed by atoms with Crippen molar-refractivity contribution in [3.8, 4) is 0 Å². The first-order valence-corrected chi connectivity index (χ1v) is 14.2. The van der Waals surface area contributed by atoms with Gasteiger partial charge in [0.2, 0.25) is 11.8 Å². The van der Waals surface area contributed by atoms with E-state index in [1.807, 2.05) is 98.8 Å². The van der Waals surface area contributed by atoms with E-state index < -0.39 is 6.04 Å². The van der Waals surface area contributed by atoms with Gasteiger partial charge >= 0.3 is 0 Å². The lowest BCUT2D eigenvalue weighted by atomic mass is 9.87. The van der Waals surface area contributed by atoms with Crippen LogP contribution in [-0.4, -0.2) is 28.8 Å². The fraction of sp³-hybridized carbons (Fsp3) is 0.278. The molecule has 0 saturated heterocycles. The van der Waals surface area contributed by atoms with Crippen LogP contribution in [0.5, 0.6) is 0 Å². The summed E-state index contributed by atoms with van der Waals surface area (Å²) in [6, 6.07) is 37.9. The maximum Gasteiger partial charge on any atom is 0.243 e. The van der Waals surface area contributed by atoms with Crippen LogP contribution in [0, 0.1) is 6.92 Å². The van der Waals surface area contributed by atoms with Crippen LogP contribution in [0.3, 0.4) is 0 Å². The summed E-state index contributed by atoms with van der Waals surface area (Å²) in [5, 5.41) is 3.17. The summed E-state index contributed by atoms with van der Waals surface area (Å²) in [5.74, 6) is -0.278. The van der Waals surface area contributed by atoms with Gasteiger partial charge in [0.15, 0.2) is 0 Å². The third-order valence-corrected chi connectivity index (χ3v) is 7.49. The highest BCUT2D eigenvalue weighted by molar-refractivity contribution is 5.88. The molecule has 0 spiro atoms. The largest absolute Gasteiger partial charge is 0.352 e. The summed E-state index contributed by atoms with van der Waals surface area (Å²) < 4.78 is 0. The number of aryl methyl sites for hydroxylation is 1. The maximum absolute atomic E-state index is 14.4. The molecular weight excluding hydrogens is 492 g/mol. The van der Waals surface area contributed by atoms with Gasteiger partial charge in [-0.1, -0.05) is 128 Å². The molecule has 4 nitrogen and oxygen atoms in total. The van der Waals surface area contributed by atoms with Gasteiger partial charge in [-0.15, -0.1) is 0 Å². The zero-order valence-electron chi connectivity index (χ0n) is 23.8. The topological polar surface area (TPSA) is 49.4 Å². The smallest absolute Gasteiger partial charge is 0.243 e. The molecular formula is C36H40N2O2. The second-order valence-electron chi connectivity index (χ2n) is 10.6. The Kier molecular flexibility index (Phi) is 10.3. The number of hydrogen-bond donors (Lipinski definition) is 1. The van der Waals surface area contributed by atoms with Crippen LogP contribution in [0.2, 0.25) is 0 Å². The quantitative estimate of drug-likeness (QED) is 0.212. The van der Waals surface area contributed by atoms with E-state index in [0.717, 1.165) is 34.2 Å². The van der Waals surface area contributed by atoms with Gasteiger partial charge in [0, 0.05) is 31.3 Å². The third kappa shape index (κ3) is 7.92. The van der Waals surface area contributed by atoms with Gasteiger partial charge in [0.25, 0.3) is 0 Å². The minimum Gasteiger partial charge on any atom is -0.352 e. The van der Waals surface area contributed by atoms with Crippen molar-refractivity contribution in [2.24, 2.45) is 0 Å². The Morgan fingerprint density at radius 3 is 1.85 bits per heavy atom. The SMILES string of the molecule is CC[C@H](C)NC(=O)[C@@H](Cc1ccccc1)N(Cc1cccc(C)c1)C(=O)CC(c1ccccc1)c1ccccc1. The minimum atomic E-state index is -0.642. The molecule has 0 aromatic heterocycles. The molecule has 0 unspecified atom stereocenters. The average Bonchev–Trinajstić information content (AvgIpc) is 2.99. The van der Waals surface area contributed by atoms with Crippen LogP contribution < -0.4 is 5.32 Å². The van der Waals surface area contributed by atoms with E-state index in [0.29, 0.717) is 13.0 Å². The molecule has 4 aromatic carbocycles. The number of nitrogens with zero attached hydrogens (tertiary/aromatic N) is 1. The third-order valence-electron chi connectivity index (χ3n) is 7.49. The Morgan fingerprint density at radius 2 is 1.30 bits per heavy atom. The molecule has 4 heteroatoms. The van der Waals surface area contributed by atoms with Crippen LogP contribution in [0.15, 0.2) is 115 Å². The van der Waals surface area contributed by atoms with Gasteiger partial charge in [-0.25, -0.2) is 0 Å². The fourth-order valence-corrected chi connectivity index (χ4v) is 5.09. The lowest BCUT2D eigenvalue weighted by Crippen LogP contribution is -2.52. The van der Waals surface area contributed by atoms with Crippen molar-refractivity contribution in [2.75, 3.05) is 0 Å². The highest BCUT2D eigenvalue weighted by atomic mass is 16.2. The standard InChI is InChI=1S/C36H40N2O2/c1-4-28(3)37-36(40)34(24-29-16-8-5-9-17-29)38(26-30-18-14-15-27(2)23-30)35(39)25-33(31-19-10-6-11-20-31)32-21-12-7-13-22-32/h5-23,28,33-34H,4,24-26H2,1-3H3,(H,37,40)/t28-,34+/m0/s1. The van der Waals surface area contributed by atoms with Crippen LogP contribution in [0.25, 0.3) is 0 Å². The minimum absolute atomic E-state index is 0.0167. The Bertz CT molecular complexity index is 1320. The van der Waals surface area contributed by atoms with Crippen molar-refractivity contribution in [2.45, 2.75) is 64.6 Å². The second kappa shape index (κ2) is 14.3. The zero-order valence-corrected chi connectivity index (χ0v) is 23.8. The molecule has 0 aliphatic heterocycles. The first kappa shape index (κ1) is 28.8. The van der Waals surface area contributed by atoms with E-state index in [-0.39, 0.29) is 30.2 Å². The zero-order chi connectivity index (χ0) is 28.3. The van der Waals surface area contributed by atoms with Crippen LogP contribution in [0.1, 0.15) is 60.4 Å². The summed E-state index contributed by atoms with van der Waals surface area (Å²) >= 11 is 0. The van der Waals surface area contributed by atoms with Gasteiger partial charge in [0.1, 0.15) is 6.04 Å². The first-order valence-electron chi connectivity index (χ1n) is 14.2. The molecule has 2 atom stereocenters. The molecule has 4 rings (SSSR count). The lowest BCUT2D eigenvalue weighted by Gasteiger charge is -2.33. The molecule has 0 saturated carbocycles. The monoisotopic (exact) mass is 532 g/mol. The van der Waals surface area contributed by atoms with E-state index in [1.54, 1.807) is 4.90 Å². The molecule has 2 amide bonds. The van der Waals surface area contributed by atoms with Crippen molar-refractivity contribution >= 4 is 11.8 Å². The van der Waals surface area contributed by atoms with Crippen LogP contribution in [-0.2, 0) is 22.6 Å². The molecule has 40 heavy (non-hydrogen) atoms. The Labute approximate surface area is 239 Å². The lowest BCUT2D eigenvalue weighted by molar-refractivity contribution is -0.141. The molecule has 0 aliphatic carbocycles. The fourth-order valence-electron chi connectivity index (χ4n) is 5.09. The normalized spacial score (nSPS) is 12.5. The Balaban J connectivity index is 1.74. The van der Waals surface area contributed by atoms with Crippen molar-refractivity contribution in [1.29, 1.82) is 0 Å². The van der Waals surface area contributed by atoms with Crippen LogP contribution in [0.4, 0.5) is 0 Å². The Hall–Kier alpha value is -4.18. The summed E-state index contributed by atoms with van der Waals surface area (Å²) in [6.45, 7) is 6.47.